The van der Waals surface area contributed by atoms with Crippen LogP contribution >= 0.6 is 0 Å². The predicted octanol–water partition coefficient (Wildman–Crippen LogP) is 1.51. The van der Waals surface area contributed by atoms with E-state index < -0.39 is 0 Å². The van der Waals surface area contributed by atoms with Crippen molar-refractivity contribution < 1.29 is 9.47 Å². The lowest BCUT2D eigenvalue weighted by atomic mass is 10.1. The SMILES string of the molecule is CCOc1ccc(CN2CCOCC2CNC)cc1. The summed E-state index contributed by atoms with van der Waals surface area (Å²) in [6, 6.07) is 8.86. The Morgan fingerprint density at radius 2 is 2.16 bits per heavy atom. The van der Waals surface area contributed by atoms with Crippen molar-refractivity contribution in [2.75, 3.05) is 40.0 Å². The average molecular weight is 264 g/mol. The first-order valence-corrected chi connectivity index (χ1v) is 7.01. The van der Waals surface area contributed by atoms with E-state index in [-0.39, 0.29) is 0 Å². The van der Waals surface area contributed by atoms with Crippen molar-refractivity contribution in [1.82, 2.24) is 10.2 Å². The number of benzene rings is 1. The molecule has 4 nitrogen and oxygen atoms in total. The lowest BCUT2D eigenvalue weighted by molar-refractivity contribution is -0.0103. The van der Waals surface area contributed by atoms with Gasteiger partial charge in [0, 0.05) is 25.7 Å². The number of hydrogen-bond acceptors (Lipinski definition) is 4. The molecule has 0 bridgehead atoms. The second-order valence-corrected chi connectivity index (χ2v) is 4.83. The molecular formula is C15H24N2O2. The zero-order valence-electron chi connectivity index (χ0n) is 11.9. The molecule has 1 saturated heterocycles. The smallest absolute Gasteiger partial charge is 0.119 e. The molecule has 1 heterocycles. The summed E-state index contributed by atoms with van der Waals surface area (Å²) in [6.07, 6.45) is 0. The van der Waals surface area contributed by atoms with Crippen LogP contribution in [0.4, 0.5) is 0 Å². The number of ether oxygens (including phenoxy) is 2. The number of morpholine rings is 1. The summed E-state index contributed by atoms with van der Waals surface area (Å²) in [7, 11) is 1.99. The van der Waals surface area contributed by atoms with E-state index in [0.717, 1.165) is 38.6 Å². The van der Waals surface area contributed by atoms with E-state index in [9.17, 15) is 0 Å². The van der Waals surface area contributed by atoms with E-state index in [2.05, 4.69) is 22.3 Å². The summed E-state index contributed by atoms with van der Waals surface area (Å²) in [4.78, 5) is 2.48. The van der Waals surface area contributed by atoms with Crippen LogP contribution in [0.25, 0.3) is 0 Å². The van der Waals surface area contributed by atoms with Crippen LogP contribution in [-0.2, 0) is 11.3 Å². The van der Waals surface area contributed by atoms with Gasteiger partial charge in [0.25, 0.3) is 0 Å². The molecule has 2 rings (SSSR count). The van der Waals surface area contributed by atoms with Crippen molar-refractivity contribution in [3.05, 3.63) is 29.8 Å². The number of nitrogens with zero attached hydrogens (tertiary/aromatic N) is 1. The van der Waals surface area contributed by atoms with Crippen LogP contribution in [0, 0.1) is 0 Å². The van der Waals surface area contributed by atoms with E-state index in [4.69, 9.17) is 9.47 Å². The molecule has 0 aromatic heterocycles. The Morgan fingerprint density at radius 3 is 2.84 bits per heavy atom. The van der Waals surface area contributed by atoms with Gasteiger partial charge in [-0.3, -0.25) is 4.90 Å². The molecule has 1 N–H and O–H groups in total. The van der Waals surface area contributed by atoms with Crippen LogP contribution in [0.2, 0.25) is 0 Å². The first-order valence-electron chi connectivity index (χ1n) is 7.01. The summed E-state index contributed by atoms with van der Waals surface area (Å²) >= 11 is 0. The van der Waals surface area contributed by atoms with Crippen molar-refractivity contribution in [2.24, 2.45) is 0 Å². The minimum absolute atomic E-state index is 0.463. The molecule has 0 saturated carbocycles. The third kappa shape index (κ3) is 4.20. The largest absolute Gasteiger partial charge is 0.494 e. The summed E-state index contributed by atoms with van der Waals surface area (Å²) in [6.45, 7) is 7.31. The monoisotopic (exact) mass is 264 g/mol. The van der Waals surface area contributed by atoms with Crippen LogP contribution in [0.5, 0.6) is 5.75 Å². The molecule has 1 aliphatic heterocycles. The molecule has 19 heavy (non-hydrogen) atoms. The summed E-state index contributed by atoms with van der Waals surface area (Å²) < 4.78 is 11.0. The van der Waals surface area contributed by atoms with Gasteiger partial charge in [0.1, 0.15) is 5.75 Å². The van der Waals surface area contributed by atoms with Crippen LogP contribution in [0.1, 0.15) is 12.5 Å². The van der Waals surface area contributed by atoms with Crippen LogP contribution < -0.4 is 10.1 Å². The summed E-state index contributed by atoms with van der Waals surface area (Å²) in [5, 5.41) is 3.24. The highest BCUT2D eigenvalue weighted by Gasteiger charge is 2.22. The van der Waals surface area contributed by atoms with E-state index >= 15 is 0 Å². The van der Waals surface area contributed by atoms with Crippen molar-refractivity contribution in [2.45, 2.75) is 19.5 Å². The van der Waals surface area contributed by atoms with Crippen molar-refractivity contribution in [3.8, 4) is 5.75 Å². The fourth-order valence-electron chi connectivity index (χ4n) is 2.41. The third-order valence-electron chi connectivity index (χ3n) is 3.41. The molecule has 1 aromatic rings. The topological polar surface area (TPSA) is 33.7 Å². The van der Waals surface area contributed by atoms with Gasteiger partial charge in [0.2, 0.25) is 0 Å². The Kier molecular flexibility index (Phi) is 5.63. The molecule has 106 valence electrons. The molecule has 0 radical (unpaired) electrons. The Balaban J connectivity index is 1.94. The second kappa shape index (κ2) is 7.48. The first kappa shape index (κ1) is 14.3. The fraction of sp³-hybridized carbons (Fsp3) is 0.600. The molecule has 1 aromatic carbocycles. The molecule has 1 atom stereocenters. The quantitative estimate of drug-likeness (QED) is 0.844. The second-order valence-electron chi connectivity index (χ2n) is 4.83. The van der Waals surface area contributed by atoms with E-state index in [0.29, 0.717) is 12.6 Å². The highest BCUT2D eigenvalue weighted by molar-refractivity contribution is 5.27. The van der Waals surface area contributed by atoms with Gasteiger partial charge in [-0.25, -0.2) is 0 Å². The lowest BCUT2D eigenvalue weighted by Crippen LogP contribution is -2.49. The number of likely N-dealkylation sites (N-methyl/N-ethyl adjacent to an activating group) is 1. The van der Waals surface area contributed by atoms with Crippen molar-refractivity contribution in [1.29, 1.82) is 0 Å². The average Bonchev–Trinajstić information content (AvgIpc) is 2.44. The Labute approximate surface area is 115 Å². The fourth-order valence-corrected chi connectivity index (χ4v) is 2.41. The van der Waals surface area contributed by atoms with E-state index in [1.807, 2.05) is 26.1 Å². The highest BCUT2D eigenvalue weighted by atomic mass is 16.5. The van der Waals surface area contributed by atoms with Gasteiger partial charge in [0.05, 0.1) is 19.8 Å². The third-order valence-corrected chi connectivity index (χ3v) is 3.41. The molecular weight excluding hydrogens is 240 g/mol. The van der Waals surface area contributed by atoms with Crippen molar-refractivity contribution in [3.63, 3.8) is 0 Å². The Morgan fingerprint density at radius 1 is 1.37 bits per heavy atom. The number of hydrogen-bond donors (Lipinski definition) is 1. The van der Waals surface area contributed by atoms with E-state index in [1.54, 1.807) is 0 Å². The molecule has 1 fully saturated rings. The molecule has 0 spiro atoms. The molecule has 1 aliphatic rings. The number of rotatable bonds is 6. The molecule has 0 amide bonds. The molecule has 1 unspecified atom stereocenters. The minimum atomic E-state index is 0.463. The summed E-state index contributed by atoms with van der Waals surface area (Å²) in [5.41, 5.74) is 1.33. The van der Waals surface area contributed by atoms with Gasteiger partial charge in [0.15, 0.2) is 0 Å². The summed E-state index contributed by atoms with van der Waals surface area (Å²) in [5.74, 6) is 0.944. The lowest BCUT2D eigenvalue weighted by Gasteiger charge is -2.35. The van der Waals surface area contributed by atoms with Gasteiger partial charge in [-0.2, -0.15) is 0 Å². The minimum Gasteiger partial charge on any atom is -0.494 e. The predicted molar refractivity (Wildman–Crippen MR) is 76.6 cm³/mol. The standard InChI is InChI=1S/C15H24N2O2/c1-3-19-15-6-4-13(5-7-15)11-17-8-9-18-12-14(17)10-16-2/h4-7,14,16H,3,8-12H2,1-2H3. The van der Waals surface area contributed by atoms with Crippen molar-refractivity contribution >= 4 is 0 Å². The zero-order chi connectivity index (χ0) is 13.5. The molecule has 0 aliphatic carbocycles. The van der Waals surface area contributed by atoms with Gasteiger partial charge in [-0.1, -0.05) is 12.1 Å². The Bertz CT molecular complexity index is 365. The maximum atomic E-state index is 5.55. The molecule has 4 heteroatoms. The zero-order valence-corrected chi connectivity index (χ0v) is 11.9. The van der Waals surface area contributed by atoms with Gasteiger partial charge in [-0.15, -0.1) is 0 Å². The van der Waals surface area contributed by atoms with Crippen LogP contribution in [0.15, 0.2) is 24.3 Å². The highest BCUT2D eigenvalue weighted by Crippen LogP contribution is 2.16. The maximum absolute atomic E-state index is 5.55. The van der Waals surface area contributed by atoms with Gasteiger partial charge >= 0.3 is 0 Å². The van der Waals surface area contributed by atoms with E-state index in [1.165, 1.54) is 5.56 Å². The van der Waals surface area contributed by atoms with Crippen LogP contribution in [0.3, 0.4) is 0 Å². The van der Waals surface area contributed by atoms with Crippen LogP contribution in [-0.4, -0.2) is 50.9 Å². The maximum Gasteiger partial charge on any atom is 0.119 e. The van der Waals surface area contributed by atoms with Gasteiger partial charge < -0.3 is 14.8 Å². The number of nitrogens with one attached hydrogen (secondary N) is 1. The first-order chi connectivity index (χ1) is 9.33. The Hall–Kier alpha value is -1.10. The normalized spacial score (nSPS) is 20.4. The van der Waals surface area contributed by atoms with Gasteiger partial charge in [-0.05, 0) is 31.7 Å².